The number of para-hydroxylation sites is 3. The SMILES string of the molecule is [B]1c2cccc3c2N(c2ccccc2S3)c2c1c(-c1ccc3ccccc3c1Nc1ccc(-c3ccccc3)cc1)cc1oc3ccccc3c21. The van der Waals surface area contributed by atoms with Gasteiger partial charge in [0.1, 0.15) is 11.2 Å². The molecule has 1 N–H and O–H groups in total. The normalized spacial score (nSPS) is 12.7. The van der Waals surface area contributed by atoms with E-state index in [2.05, 4.69) is 181 Å². The van der Waals surface area contributed by atoms with E-state index in [1.165, 1.54) is 54.0 Å². The van der Waals surface area contributed by atoms with Gasteiger partial charge in [-0.1, -0.05) is 139 Å². The molecule has 2 aliphatic rings. The van der Waals surface area contributed by atoms with E-state index in [9.17, 15) is 0 Å². The molecule has 11 rings (SSSR count). The molecular formula is C46H28BN2OS. The Morgan fingerprint density at radius 2 is 1.29 bits per heavy atom. The van der Waals surface area contributed by atoms with Crippen LogP contribution in [0.3, 0.4) is 0 Å². The van der Waals surface area contributed by atoms with Crippen molar-refractivity contribution in [1.82, 2.24) is 0 Å². The van der Waals surface area contributed by atoms with Crippen molar-refractivity contribution in [2.24, 2.45) is 0 Å². The minimum Gasteiger partial charge on any atom is -0.456 e. The van der Waals surface area contributed by atoms with E-state index < -0.39 is 0 Å². The molecule has 1 aromatic heterocycles. The van der Waals surface area contributed by atoms with Crippen LogP contribution in [0.2, 0.25) is 0 Å². The van der Waals surface area contributed by atoms with Gasteiger partial charge in [0.2, 0.25) is 0 Å². The van der Waals surface area contributed by atoms with Gasteiger partial charge in [-0.05, 0) is 70.0 Å². The molecule has 0 saturated heterocycles. The van der Waals surface area contributed by atoms with Crippen molar-refractivity contribution in [3.8, 4) is 22.3 Å². The van der Waals surface area contributed by atoms with Crippen molar-refractivity contribution < 1.29 is 4.42 Å². The number of rotatable bonds is 4. The Labute approximate surface area is 300 Å². The second kappa shape index (κ2) is 11.2. The maximum Gasteiger partial charge on any atom is 0.197 e. The lowest BCUT2D eigenvalue weighted by Gasteiger charge is -2.40. The summed E-state index contributed by atoms with van der Waals surface area (Å²) < 4.78 is 6.73. The van der Waals surface area contributed by atoms with Crippen LogP contribution in [0.1, 0.15) is 0 Å². The number of hydrogen-bond donors (Lipinski definition) is 1. The predicted molar refractivity (Wildman–Crippen MR) is 216 cm³/mol. The predicted octanol–water partition coefficient (Wildman–Crippen LogP) is 11.7. The summed E-state index contributed by atoms with van der Waals surface area (Å²) in [5.74, 6) is 0. The van der Waals surface area contributed by atoms with E-state index in [1.807, 2.05) is 11.8 Å². The molecule has 0 saturated carbocycles. The first kappa shape index (κ1) is 28.7. The zero-order chi connectivity index (χ0) is 33.5. The van der Waals surface area contributed by atoms with Crippen molar-refractivity contribution in [3.63, 3.8) is 0 Å². The monoisotopic (exact) mass is 667 g/mol. The highest BCUT2D eigenvalue weighted by Crippen LogP contribution is 2.54. The Morgan fingerprint density at radius 1 is 0.549 bits per heavy atom. The first-order chi connectivity index (χ1) is 25.3. The second-order valence-corrected chi connectivity index (χ2v) is 14.3. The minimum atomic E-state index is 0.876. The van der Waals surface area contributed by atoms with Gasteiger partial charge in [0, 0.05) is 31.8 Å². The van der Waals surface area contributed by atoms with E-state index in [0.29, 0.717) is 0 Å². The number of anilines is 5. The summed E-state index contributed by atoms with van der Waals surface area (Å²) in [7, 11) is 2.39. The number of benzene rings is 8. The molecule has 3 nitrogen and oxygen atoms in total. The summed E-state index contributed by atoms with van der Waals surface area (Å²) in [6.45, 7) is 0. The van der Waals surface area contributed by atoms with Gasteiger partial charge in [0.05, 0.1) is 28.1 Å². The van der Waals surface area contributed by atoms with Crippen LogP contribution in [0.4, 0.5) is 28.4 Å². The third-order valence-electron chi connectivity index (χ3n) is 10.3. The standard InChI is InChI=1S/C46H28BN2OS/c1-2-11-28(12-3-1)29-21-24-31(25-22-29)48-44-32-14-5-4-13-30(32)23-26-33(44)35-27-39-42(34-15-6-8-18-38(34)50-39)46-43(35)47-36-16-10-20-41-45(36)49(46)37-17-7-9-19-40(37)51-41/h1-27,48H. The number of fused-ring (bicyclic) bond motifs is 9. The lowest BCUT2D eigenvalue weighted by molar-refractivity contribution is 0.669. The Balaban J connectivity index is 1.18. The molecule has 3 heterocycles. The Hall–Kier alpha value is -6.17. The molecule has 1 radical (unpaired) electrons. The highest BCUT2D eigenvalue weighted by molar-refractivity contribution is 7.99. The smallest absolute Gasteiger partial charge is 0.197 e. The summed E-state index contributed by atoms with van der Waals surface area (Å²) in [6, 6.07) is 58.6. The first-order valence-corrected chi connectivity index (χ1v) is 18.1. The molecule has 9 aromatic rings. The summed E-state index contributed by atoms with van der Waals surface area (Å²) >= 11 is 1.85. The molecule has 0 bridgehead atoms. The van der Waals surface area contributed by atoms with E-state index >= 15 is 0 Å². The fourth-order valence-corrected chi connectivity index (χ4v) is 9.07. The van der Waals surface area contributed by atoms with Crippen LogP contribution in [0.15, 0.2) is 178 Å². The molecule has 0 spiro atoms. The zero-order valence-corrected chi connectivity index (χ0v) is 28.2. The fraction of sp³-hybridized carbons (Fsp3) is 0. The number of hydrogen-bond acceptors (Lipinski definition) is 4. The van der Waals surface area contributed by atoms with Gasteiger partial charge >= 0.3 is 0 Å². The molecule has 51 heavy (non-hydrogen) atoms. The van der Waals surface area contributed by atoms with Crippen LogP contribution in [0.25, 0.3) is 55.0 Å². The quantitative estimate of drug-likeness (QED) is 0.189. The van der Waals surface area contributed by atoms with Crippen molar-refractivity contribution in [2.45, 2.75) is 9.79 Å². The Bertz CT molecular complexity index is 2840. The van der Waals surface area contributed by atoms with E-state index in [1.54, 1.807) is 0 Å². The van der Waals surface area contributed by atoms with Gasteiger partial charge in [-0.15, -0.1) is 0 Å². The van der Waals surface area contributed by atoms with Gasteiger partial charge in [-0.25, -0.2) is 0 Å². The van der Waals surface area contributed by atoms with Crippen LogP contribution in [0.5, 0.6) is 0 Å². The van der Waals surface area contributed by atoms with Crippen molar-refractivity contribution in [2.75, 3.05) is 10.2 Å². The highest BCUT2D eigenvalue weighted by atomic mass is 32.2. The molecular weight excluding hydrogens is 639 g/mol. The minimum absolute atomic E-state index is 0.876. The van der Waals surface area contributed by atoms with Crippen molar-refractivity contribution in [3.05, 3.63) is 164 Å². The molecule has 0 fully saturated rings. The second-order valence-electron chi connectivity index (χ2n) is 13.2. The molecule has 0 atom stereocenters. The maximum atomic E-state index is 6.73. The third kappa shape index (κ3) is 4.41. The molecule has 8 aromatic carbocycles. The van der Waals surface area contributed by atoms with Gasteiger partial charge in [0.25, 0.3) is 0 Å². The lowest BCUT2D eigenvalue weighted by Crippen LogP contribution is -2.42. The molecule has 237 valence electrons. The number of nitrogens with one attached hydrogen (secondary N) is 1. The largest absolute Gasteiger partial charge is 0.456 e. The van der Waals surface area contributed by atoms with Crippen LogP contribution in [-0.4, -0.2) is 7.28 Å². The summed E-state index contributed by atoms with van der Waals surface area (Å²) in [6.07, 6.45) is 0. The average molecular weight is 668 g/mol. The summed E-state index contributed by atoms with van der Waals surface area (Å²) in [4.78, 5) is 5.00. The van der Waals surface area contributed by atoms with E-state index in [-0.39, 0.29) is 0 Å². The Kier molecular flexibility index (Phi) is 6.28. The highest BCUT2D eigenvalue weighted by Gasteiger charge is 2.36. The van der Waals surface area contributed by atoms with Gasteiger partial charge in [-0.3, -0.25) is 0 Å². The first-order valence-electron chi connectivity index (χ1n) is 17.3. The third-order valence-corrected chi connectivity index (χ3v) is 11.4. The topological polar surface area (TPSA) is 28.4 Å². The van der Waals surface area contributed by atoms with Gasteiger partial charge in [0.15, 0.2) is 7.28 Å². The fourth-order valence-electron chi connectivity index (χ4n) is 7.97. The van der Waals surface area contributed by atoms with Gasteiger partial charge < -0.3 is 14.6 Å². The summed E-state index contributed by atoms with van der Waals surface area (Å²) in [5.41, 5.74) is 14.5. The maximum absolute atomic E-state index is 6.73. The molecule has 0 aliphatic carbocycles. The summed E-state index contributed by atoms with van der Waals surface area (Å²) in [5, 5.41) is 8.50. The molecule has 5 heteroatoms. The Morgan fingerprint density at radius 3 is 2.20 bits per heavy atom. The molecule has 2 aliphatic heterocycles. The zero-order valence-electron chi connectivity index (χ0n) is 27.4. The molecule has 0 unspecified atom stereocenters. The van der Waals surface area contributed by atoms with Crippen LogP contribution >= 0.6 is 11.8 Å². The van der Waals surface area contributed by atoms with Gasteiger partial charge in [-0.2, -0.15) is 0 Å². The van der Waals surface area contributed by atoms with E-state index in [0.717, 1.165) is 50.1 Å². The lowest BCUT2D eigenvalue weighted by atomic mass is 9.57. The van der Waals surface area contributed by atoms with Crippen LogP contribution in [0, 0.1) is 0 Å². The number of nitrogens with zero attached hydrogens (tertiary/aromatic N) is 1. The van der Waals surface area contributed by atoms with Crippen LogP contribution < -0.4 is 21.1 Å². The van der Waals surface area contributed by atoms with Crippen LogP contribution in [-0.2, 0) is 0 Å². The van der Waals surface area contributed by atoms with E-state index in [4.69, 9.17) is 4.42 Å². The average Bonchev–Trinajstić information content (AvgIpc) is 3.57. The molecule has 0 amide bonds. The number of furan rings is 1. The van der Waals surface area contributed by atoms with Crippen molar-refractivity contribution >= 4 is 91.1 Å². The van der Waals surface area contributed by atoms with Crippen molar-refractivity contribution in [1.29, 1.82) is 0 Å².